The molecule has 1 aromatic carbocycles. The van der Waals surface area contributed by atoms with Crippen LogP contribution in [0.25, 0.3) is 11.1 Å². The van der Waals surface area contributed by atoms with Gasteiger partial charge in [-0.3, -0.25) is 4.79 Å². The number of carbonyl (C=O) groups excluding carboxylic acids is 1. The third kappa shape index (κ3) is 1.98. The van der Waals surface area contributed by atoms with E-state index >= 15 is 0 Å². The molecule has 0 aliphatic heterocycles. The summed E-state index contributed by atoms with van der Waals surface area (Å²) in [7, 11) is 0. The quantitative estimate of drug-likeness (QED) is 0.817. The van der Waals surface area contributed by atoms with Crippen LogP contribution in [0.3, 0.4) is 0 Å². The molecule has 0 atom stereocenters. The number of fused-ring (bicyclic) bond motifs is 1. The maximum atomic E-state index is 11.4. The van der Waals surface area contributed by atoms with E-state index in [1.54, 1.807) is 6.07 Å². The lowest BCUT2D eigenvalue weighted by atomic mass is 10.2. The van der Waals surface area contributed by atoms with E-state index in [1.165, 1.54) is 6.39 Å². The van der Waals surface area contributed by atoms with Gasteiger partial charge in [-0.2, -0.15) is 0 Å². The van der Waals surface area contributed by atoms with E-state index in [0.717, 1.165) is 11.2 Å². The molecule has 0 bridgehead atoms. The fraction of sp³-hybridized carbons (Fsp3) is 0.273. The van der Waals surface area contributed by atoms with Crippen molar-refractivity contribution in [1.29, 1.82) is 0 Å². The monoisotopic (exact) mass is 204 g/mol. The van der Waals surface area contributed by atoms with Crippen molar-refractivity contribution in [3.63, 3.8) is 0 Å². The fourth-order valence-electron chi connectivity index (χ4n) is 1.22. The molecule has 0 aliphatic rings. The van der Waals surface area contributed by atoms with Crippen molar-refractivity contribution in [3.8, 4) is 0 Å². The second-order valence-electron chi connectivity index (χ2n) is 3.68. The molecule has 0 saturated heterocycles. The number of anilines is 1. The Morgan fingerprint density at radius 3 is 3.00 bits per heavy atom. The van der Waals surface area contributed by atoms with Crippen molar-refractivity contribution < 1.29 is 9.21 Å². The number of aromatic nitrogens is 1. The predicted molar refractivity (Wildman–Crippen MR) is 57.5 cm³/mol. The van der Waals surface area contributed by atoms with Crippen molar-refractivity contribution in [2.45, 2.75) is 13.8 Å². The van der Waals surface area contributed by atoms with Crippen LogP contribution in [0.2, 0.25) is 0 Å². The molecular formula is C11H12N2O2. The van der Waals surface area contributed by atoms with E-state index in [4.69, 9.17) is 4.42 Å². The van der Waals surface area contributed by atoms with Crippen molar-refractivity contribution in [1.82, 2.24) is 4.98 Å². The Balaban J connectivity index is 2.25. The second-order valence-corrected chi connectivity index (χ2v) is 3.68. The SMILES string of the molecule is CC(C)C(=O)Nc1ccc2ncoc2c1. The van der Waals surface area contributed by atoms with Crippen LogP contribution in [0.15, 0.2) is 29.0 Å². The van der Waals surface area contributed by atoms with Crippen LogP contribution < -0.4 is 5.32 Å². The summed E-state index contributed by atoms with van der Waals surface area (Å²) >= 11 is 0. The molecule has 78 valence electrons. The molecule has 0 unspecified atom stereocenters. The zero-order valence-electron chi connectivity index (χ0n) is 8.65. The molecule has 0 spiro atoms. The summed E-state index contributed by atoms with van der Waals surface area (Å²) in [6, 6.07) is 5.39. The molecule has 2 aromatic rings. The Kier molecular flexibility index (Phi) is 2.41. The second kappa shape index (κ2) is 3.73. The first-order valence-corrected chi connectivity index (χ1v) is 4.81. The normalized spacial score (nSPS) is 10.9. The number of nitrogens with zero attached hydrogens (tertiary/aromatic N) is 1. The zero-order chi connectivity index (χ0) is 10.8. The number of hydrogen-bond acceptors (Lipinski definition) is 3. The van der Waals surface area contributed by atoms with Gasteiger partial charge in [0.05, 0.1) is 0 Å². The molecule has 0 saturated carbocycles. The average molecular weight is 204 g/mol. The zero-order valence-corrected chi connectivity index (χ0v) is 8.65. The molecular weight excluding hydrogens is 192 g/mol. The fourth-order valence-corrected chi connectivity index (χ4v) is 1.22. The van der Waals surface area contributed by atoms with E-state index in [-0.39, 0.29) is 11.8 Å². The molecule has 0 radical (unpaired) electrons. The maximum Gasteiger partial charge on any atom is 0.226 e. The molecule has 15 heavy (non-hydrogen) atoms. The molecule has 2 rings (SSSR count). The maximum absolute atomic E-state index is 11.4. The number of nitrogens with one attached hydrogen (secondary N) is 1. The number of hydrogen-bond donors (Lipinski definition) is 1. The molecule has 1 N–H and O–H groups in total. The minimum atomic E-state index is -0.0320. The third-order valence-corrected chi connectivity index (χ3v) is 2.12. The van der Waals surface area contributed by atoms with Crippen LogP contribution in [0, 0.1) is 5.92 Å². The highest BCUT2D eigenvalue weighted by molar-refractivity contribution is 5.93. The first kappa shape index (κ1) is 9.71. The van der Waals surface area contributed by atoms with E-state index in [9.17, 15) is 4.79 Å². The van der Waals surface area contributed by atoms with Gasteiger partial charge in [0.2, 0.25) is 5.91 Å². The topological polar surface area (TPSA) is 55.1 Å². The van der Waals surface area contributed by atoms with Crippen LogP contribution in [0.5, 0.6) is 0 Å². The number of benzene rings is 1. The Hall–Kier alpha value is -1.84. The van der Waals surface area contributed by atoms with Crippen molar-refractivity contribution in [2.75, 3.05) is 5.32 Å². The summed E-state index contributed by atoms with van der Waals surface area (Å²) in [5, 5.41) is 2.80. The predicted octanol–water partition coefficient (Wildman–Crippen LogP) is 2.42. The minimum absolute atomic E-state index is 0.00568. The Bertz CT molecular complexity index is 488. The van der Waals surface area contributed by atoms with Gasteiger partial charge in [0, 0.05) is 17.7 Å². The number of rotatable bonds is 2. The third-order valence-electron chi connectivity index (χ3n) is 2.12. The van der Waals surface area contributed by atoms with Gasteiger partial charge in [-0.1, -0.05) is 13.8 Å². The van der Waals surface area contributed by atoms with Crippen LogP contribution >= 0.6 is 0 Å². The minimum Gasteiger partial charge on any atom is -0.443 e. The Morgan fingerprint density at radius 2 is 2.27 bits per heavy atom. The first-order valence-electron chi connectivity index (χ1n) is 4.81. The van der Waals surface area contributed by atoms with Crippen LogP contribution in [0.1, 0.15) is 13.8 Å². The highest BCUT2D eigenvalue weighted by Gasteiger charge is 2.07. The number of carbonyl (C=O) groups is 1. The standard InChI is InChI=1S/C11H12N2O2/c1-7(2)11(14)13-8-3-4-9-10(5-8)15-6-12-9/h3-7H,1-2H3,(H,13,14). The highest BCUT2D eigenvalue weighted by Crippen LogP contribution is 2.18. The van der Waals surface area contributed by atoms with Gasteiger partial charge in [-0.15, -0.1) is 0 Å². The summed E-state index contributed by atoms with van der Waals surface area (Å²) in [6.07, 6.45) is 1.39. The summed E-state index contributed by atoms with van der Waals surface area (Å²) < 4.78 is 5.14. The lowest BCUT2D eigenvalue weighted by Gasteiger charge is -2.06. The van der Waals surface area contributed by atoms with Gasteiger partial charge in [0.1, 0.15) is 5.52 Å². The molecule has 1 aromatic heterocycles. The van der Waals surface area contributed by atoms with Gasteiger partial charge in [-0.05, 0) is 12.1 Å². The lowest BCUT2D eigenvalue weighted by molar-refractivity contribution is -0.118. The van der Waals surface area contributed by atoms with Gasteiger partial charge < -0.3 is 9.73 Å². The largest absolute Gasteiger partial charge is 0.443 e. The van der Waals surface area contributed by atoms with Gasteiger partial charge in [0.15, 0.2) is 12.0 Å². The molecule has 1 amide bonds. The van der Waals surface area contributed by atoms with Gasteiger partial charge in [-0.25, -0.2) is 4.98 Å². The van der Waals surface area contributed by atoms with E-state index < -0.39 is 0 Å². The van der Waals surface area contributed by atoms with Crippen molar-refractivity contribution in [3.05, 3.63) is 24.6 Å². The average Bonchev–Trinajstić information content (AvgIpc) is 2.64. The smallest absolute Gasteiger partial charge is 0.226 e. The molecule has 0 fully saturated rings. The van der Waals surface area contributed by atoms with Gasteiger partial charge >= 0.3 is 0 Å². The molecule has 4 nitrogen and oxygen atoms in total. The summed E-state index contributed by atoms with van der Waals surface area (Å²) in [4.78, 5) is 15.4. The summed E-state index contributed by atoms with van der Waals surface area (Å²) in [6.45, 7) is 3.70. The first-order chi connectivity index (χ1) is 7.16. The highest BCUT2D eigenvalue weighted by atomic mass is 16.3. The molecule has 4 heteroatoms. The van der Waals surface area contributed by atoms with Crippen LogP contribution in [-0.4, -0.2) is 10.9 Å². The van der Waals surface area contributed by atoms with Crippen molar-refractivity contribution in [2.24, 2.45) is 5.92 Å². The molecule has 0 aliphatic carbocycles. The Labute approximate surface area is 87.3 Å². The van der Waals surface area contributed by atoms with Gasteiger partial charge in [0.25, 0.3) is 0 Å². The van der Waals surface area contributed by atoms with Crippen molar-refractivity contribution >= 4 is 22.7 Å². The summed E-state index contributed by atoms with van der Waals surface area (Å²) in [5.41, 5.74) is 2.20. The summed E-state index contributed by atoms with van der Waals surface area (Å²) in [5.74, 6) is -0.0377. The van der Waals surface area contributed by atoms with E-state index in [0.29, 0.717) is 5.58 Å². The lowest BCUT2D eigenvalue weighted by Crippen LogP contribution is -2.17. The molecule has 1 heterocycles. The number of oxazole rings is 1. The van der Waals surface area contributed by atoms with E-state index in [2.05, 4.69) is 10.3 Å². The van der Waals surface area contributed by atoms with Crippen LogP contribution in [0.4, 0.5) is 5.69 Å². The van der Waals surface area contributed by atoms with Crippen LogP contribution in [-0.2, 0) is 4.79 Å². The Morgan fingerprint density at radius 1 is 1.47 bits per heavy atom. The van der Waals surface area contributed by atoms with E-state index in [1.807, 2.05) is 26.0 Å². The number of amides is 1.